The lowest BCUT2D eigenvalue weighted by Gasteiger charge is -2.36. The minimum atomic E-state index is -0.424. The topological polar surface area (TPSA) is 70.5 Å². The number of carbonyl (C=O) groups excluding carboxylic acids is 1. The van der Waals surface area contributed by atoms with Crippen LogP contribution in [-0.2, 0) is 11.3 Å². The first-order valence-corrected chi connectivity index (χ1v) is 10.3. The van der Waals surface area contributed by atoms with Gasteiger partial charge in [0.15, 0.2) is 0 Å². The molecule has 1 aliphatic rings. The van der Waals surface area contributed by atoms with Gasteiger partial charge in [0.2, 0.25) is 11.9 Å². The predicted molar refractivity (Wildman–Crippen MR) is 118 cm³/mol. The van der Waals surface area contributed by atoms with Crippen LogP contribution in [0.25, 0.3) is 0 Å². The molecular weight excluding hydrogens is 416 g/mol. The van der Waals surface area contributed by atoms with Crippen LogP contribution in [0.2, 0.25) is 0 Å². The van der Waals surface area contributed by atoms with E-state index in [-0.39, 0.29) is 29.8 Å². The SMILES string of the molecule is Cc1cc(=O)n(CC(=O)N2CCN(c3ccc(F)cc3)CC2)c(Nc2cccc(F)c2)n1. The number of benzene rings is 2. The van der Waals surface area contributed by atoms with Gasteiger partial charge in [-0.15, -0.1) is 0 Å². The fraction of sp³-hybridized carbons (Fsp3) is 0.261. The molecule has 1 amide bonds. The molecule has 0 aliphatic carbocycles. The Morgan fingerprint density at radius 3 is 2.41 bits per heavy atom. The van der Waals surface area contributed by atoms with Crippen LogP contribution in [0.15, 0.2) is 59.4 Å². The van der Waals surface area contributed by atoms with Crippen LogP contribution in [0.5, 0.6) is 0 Å². The van der Waals surface area contributed by atoms with Crippen LogP contribution in [0.4, 0.5) is 26.1 Å². The molecule has 1 fully saturated rings. The van der Waals surface area contributed by atoms with E-state index in [1.165, 1.54) is 34.9 Å². The lowest BCUT2D eigenvalue weighted by molar-refractivity contribution is -0.132. The Kier molecular flexibility index (Phi) is 6.16. The summed E-state index contributed by atoms with van der Waals surface area (Å²) in [6.07, 6.45) is 0. The Labute approximate surface area is 183 Å². The summed E-state index contributed by atoms with van der Waals surface area (Å²) in [4.78, 5) is 33.6. The molecule has 166 valence electrons. The molecule has 0 radical (unpaired) electrons. The van der Waals surface area contributed by atoms with Crippen molar-refractivity contribution in [3.8, 4) is 0 Å². The summed E-state index contributed by atoms with van der Waals surface area (Å²) in [5.41, 5.74) is 1.45. The molecule has 32 heavy (non-hydrogen) atoms. The molecule has 4 rings (SSSR count). The number of aryl methyl sites for hydroxylation is 1. The average Bonchev–Trinajstić information content (AvgIpc) is 2.77. The van der Waals surface area contributed by atoms with Crippen molar-refractivity contribution in [1.29, 1.82) is 0 Å². The number of nitrogens with one attached hydrogen (secondary N) is 1. The number of rotatable bonds is 5. The molecule has 0 bridgehead atoms. The van der Waals surface area contributed by atoms with Crippen molar-refractivity contribution in [2.45, 2.75) is 13.5 Å². The minimum absolute atomic E-state index is 0.180. The normalized spacial score (nSPS) is 13.8. The van der Waals surface area contributed by atoms with Crippen molar-refractivity contribution in [1.82, 2.24) is 14.5 Å². The van der Waals surface area contributed by atoms with Crippen molar-refractivity contribution < 1.29 is 13.6 Å². The monoisotopic (exact) mass is 439 g/mol. The van der Waals surface area contributed by atoms with Crippen LogP contribution >= 0.6 is 0 Å². The molecule has 9 heteroatoms. The highest BCUT2D eigenvalue weighted by atomic mass is 19.1. The largest absolute Gasteiger partial charge is 0.368 e. The summed E-state index contributed by atoms with van der Waals surface area (Å²) in [7, 11) is 0. The third kappa shape index (κ3) is 4.93. The maximum atomic E-state index is 13.5. The Hall–Kier alpha value is -3.75. The van der Waals surface area contributed by atoms with Gasteiger partial charge in [-0.1, -0.05) is 6.07 Å². The van der Waals surface area contributed by atoms with Crippen molar-refractivity contribution >= 4 is 23.2 Å². The Morgan fingerprint density at radius 2 is 1.72 bits per heavy atom. The molecule has 7 nitrogen and oxygen atoms in total. The van der Waals surface area contributed by atoms with Crippen molar-refractivity contribution in [3.05, 3.63) is 82.3 Å². The second-order valence-corrected chi connectivity index (χ2v) is 7.63. The average molecular weight is 439 g/mol. The smallest absolute Gasteiger partial charge is 0.255 e. The summed E-state index contributed by atoms with van der Waals surface area (Å²) in [6.45, 7) is 3.67. The standard InChI is InChI=1S/C23H23F2N5O2/c1-16-13-21(31)30(23(26-16)27-19-4-2-3-18(25)14-19)15-22(32)29-11-9-28(10-12-29)20-7-5-17(24)6-8-20/h2-8,13-14H,9-12,15H2,1H3,(H,26,27). The zero-order chi connectivity index (χ0) is 22.7. The molecule has 0 spiro atoms. The van der Waals surface area contributed by atoms with Crippen LogP contribution in [0.3, 0.4) is 0 Å². The molecular formula is C23H23F2N5O2. The highest BCUT2D eigenvalue weighted by molar-refractivity contribution is 5.77. The molecule has 0 saturated carbocycles. The Bertz CT molecular complexity index is 1170. The first-order chi connectivity index (χ1) is 15.4. The van der Waals surface area contributed by atoms with E-state index in [2.05, 4.69) is 15.2 Å². The zero-order valence-corrected chi connectivity index (χ0v) is 17.6. The van der Waals surface area contributed by atoms with E-state index in [4.69, 9.17) is 0 Å². The fourth-order valence-corrected chi connectivity index (χ4v) is 3.67. The lowest BCUT2D eigenvalue weighted by Crippen LogP contribution is -2.50. The van der Waals surface area contributed by atoms with Gasteiger partial charge < -0.3 is 15.1 Å². The van der Waals surface area contributed by atoms with E-state index in [1.807, 2.05) is 0 Å². The van der Waals surface area contributed by atoms with E-state index in [9.17, 15) is 18.4 Å². The van der Waals surface area contributed by atoms with Gasteiger partial charge >= 0.3 is 0 Å². The van der Waals surface area contributed by atoms with E-state index in [0.29, 0.717) is 37.6 Å². The predicted octanol–water partition coefficient (Wildman–Crippen LogP) is 2.92. The molecule has 1 saturated heterocycles. The summed E-state index contributed by atoms with van der Waals surface area (Å²) in [6, 6.07) is 13.4. The summed E-state index contributed by atoms with van der Waals surface area (Å²) < 4.78 is 27.9. The zero-order valence-electron chi connectivity index (χ0n) is 17.6. The number of piperazine rings is 1. The van der Waals surface area contributed by atoms with E-state index < -0.39 is 5.82 Å². The van der Waals surface area contributed by atoms with Gasteiger partial charge in [0.05, 0.1) is 0 Å². The van der Waals surface area contributed by atoms with Crippen molar-refractivity contribution in [2.75, 3.05) is 36.4 Å². The number of carbonyl (C=O) groups is 1. The summed E-state index contributed by atoms with van der Waals surface area (Å²) in [5, 5.41) is 2.94. The van der Waals surface area contributed by atoms with Crippen molar-refractivity contribution in [3.63, 3.8) is 0 Å². The maximum Gasteiger partial charge on any atom is 0.255 e. The van der Waals surface area contributed by atoms with Crippen molar-refractivity contribution in [2.24, 2.45) is 0 Å². The number of halogens is 2. The third-order valence-corrected chi connectivity index (χ3v) is 5.33. The molecule has 2 aromatic carbocycles. The number of amides is 1. The van der Waals surface area contributed by atoms with Gasteiger partial charge in [0.25, 0.3) is 5.56 Å². The molecule has 1 aromatic heterocycles. The van der Waals surface area contributed by atoms with Gasteiger partial charge in [0, 0.05) is 49.3 Å². The highest BCUT2D eigenvalue weighted by Crippen LogP contribution is 2.18. The number of aromatic nitrogens is 2. The van der Waals surface area contributed by atoms with Gasteiger partial charge in [0.1, 0.15) is 18.2 Å². The van der Waals surface area contributed by atoms with Gasteiger partial charge in [-0.25, -0.2) is 13.8 Å². The molecule has 0 atom stereocenters. The fourth-order valence-electron chi connectivity index (χ4n) is 3.67. The van der Waals surface area contributed by atoms with Gasteiger partial charge in [-0.3, -0.25) is 14.2 Å². The summed E-state index contributed by atoms with van der Waals surface area (Å²) >= 11 is 0. The number of nitrogens with zero attached hydrogens (tertiary/aromatic N) is 4. The molecule has 1 aliphatic heterocycles. The van der Waals surface area contributed by atoms with E-state index in [1.54, 1.807) is 36.1 Å². The molecule has 2 heterocycles. The number of hydrogen-bond acceptors (Lipinski definition) is 5. The molecule has 3 aromatic rings. The van der Waals surface area contributed by atoms with Crippen LogP contribution < -0.4 is 15.8 Å². The summed E-state index contributed by atoms with van der Waals surface area (Å²) in [5.74, 6) is -0.744. The van der Waals surface area contributed by atoms with Gasteiger partial charge in [-0.2, -0.15) is 0 Å². The molecule has 0 unspecified atom stereocenters. The number of anilines is 3. The second kappa shape index (κ2) is 9.17. The third-order valence-electron chi connectivity index (χ3n) is 5.33. The lowest BCUT2D eigenvalue weighted by atomic mass is 10.2. The van der Waals surface area contributed by atoms with Crippen LogP contribution in [0, 0.1) is 18.6 Å². The Balaban J connectivity index is 1.46. The van der Waals surface area contributed by atoms with E-state index in [0.717, 1.165) is 5.69 Å². The minimum Gasteiger partial charge on any atom is -0.368 e. The Morgan fingerprint density at radius 1 is 1.00 bits per heavy atom. The number of hydrogen-bond donors (Lipinski definition) is 1. The van der Waals surface area contributed by atoms with E-state index >= 15 is 0 Å². The molecule has 1 N–H and O–H groups in total. The maximum absolute atomic E-state index is 13.5. The van der Waals surface area contributed by atoms with Gasteiger partial charge in [-0.05, 0) is 49.4 Å². The second-order valence-electron chi connectivity index (χ2n) is 7.63. The highest BCUT2D eigenvalue weighted by Gasteiger charge is 2.23. The van der Waals surface area contributed by atoms with Crippen LogP contribution in [-0.4, -0.2) is 46.5 Å². The van der Waals surface area contributed by atoms with Crippen LogP contribution in [0.1, 0.15) is 5.69 Å². The first kappa shape index (κ1) is 21.5. The first-order valence-electron chi connectivity index (χ1n) is 10.3. The quantitative estimate of drug-likeness (QED) is 0.662.